The third-order valence-corrected chi connectivity index (χ3v) is 10.4. The summed E-state index contributed by atoms with van der Waals surface area (Å²) < 4.78 is 18.5. The van der Waals surface area contributed by atoms with Gasteiger partial charge in [-0.15, -0.1) is 0 Å². The summed E-state index contributed by atoms with van der Waals surface area (Å²) in [6.45, 7) is 0. The Morgan fingerprint density at radius 3 is 2.33 bits per heavy atom. The monoisotopic (exact) mass is 640 g/mol. The van der Waals surface area contributed by atoms with E-state index in [4.69, 9.17) is 0 Å². The number of rotatable bonds is 5. The van der Waals surface area contributed by atoms with Gasteiger partial charge in [0.15, 0.2) is 0 Å². The summed E-state index contributed by atoms with van der Waals surface area (Å²) in [7, 11) is 1.58. The van der Waals surface area contributed by atoms with Crippen molar-refractivity contribution in [3.05, 3.63) is 104 Å². The molecule has 0 unspecified atom stereocenters. The molecule has 10 nitrogen and oxygen atoms in total. The molecule has 1 saturated heterocycles. The highest BCUT2D eigenvalue weighted by Gasteiger charge is 2.31. The molecule has 1 saturated carbocycles. The molecular weight excluding hydrogens is 607 g/mol. The molecule has 0 spiro atoms. The molecule has 4 aromatic heterocycles. The lowest BCUT2D eigenvalue weighted by atomic mass is 9.90. The maximum Gasteiger partial charge on any atom is 0.333 e. The van der Waals surface area contributed by atoms with Crippen LogP contribution in [0.5, 0.6) is 0 Å². The first kappa shape index (κ1) is 30.1. The predicted molar refractivity (Wildman–Crippen MR) is 177 cm³/mol. The summed E-state index contributed by atoms with van der Waals surface area (Å²) in [6.07, 6.45) is 6.15. The Bertz CT molecular complexity index is 2150. The molecule has 1 aromatic carbocycles. The Morgan fingerprint density at radius 2 is 1.59 bits per heavy atom. The van der Waals surface area contributed by atoms with Crippen LogP contribution in [0, 0.1) is 5.82 Å². The lowest BCUT2D eigenvalue weighted by Gasteiger charge is -2.32. The Labute approximate surface area is 267 Å². The smallest absolute Gasteiger partial charge is 0.333 e. The number of pyridine rings is 3. The van der Waals surface area contributed by atoms with Crippen LogP contribution < -0.4 is 22.1 Å². The summed E-state index contributed by atoms with van der Waals surface area (Å²) in [6, 6.07) is 13.4. The second-order valence-corrected chi connectivity index (χ2v) is 13.3. The molecular formula is C34H33FN6O4S. The number of nitrogens with one attached hydrogen (secondary N) is 1. The largest absolute Gasteiger partial charge is 0.348 e. The molecule has 2 fully saturated rings. The minimum Gasteiger partial charge on any atom is -0.348 e. The number of hydrogen-bond acceptors (Lipinski definition) is 7. The third kappa shape index (κ3) is 5.24. The van der Waals surface area contributed by atoms with Crippen molar-refractivity contribution in [1.82, 2.24) is 29.0 Å². The molecule has 46 heavy (non-hydrogen) atoms. The fourth-order valence-corrected chi connectivity index (χ4v) is 8.11. The summed E-state index contributed by atoms with van der Waals surface area (Å²) in [5, 5.41) is 3.83. The number of carbonyl (C=O) groups is 1. The summed E-state index contributed by atoms with van der Waals surface area (Å²) >= 11 is 1.83. The normalized spacial score (nSPS) is 19.0. The van der Waals surface area contributed by atoms with Gasteiger partial charge in [-0.2, -0.15) is 11.8 Å². The van der Waals surface area contributed by atoms with Gasteiger partial charge < -0.3 is 9.88 Å². The number of thioether (sulfide) groups is 1. The molecule has 1 aliphatic heterocycles. The second-order valence-electron chi connectivity index (χ2n) is 12.0. The Hall–Kier alpha value is -4.58. The standard InChI is InChI=1S/C34H33FN6O4S/c1-39-29(27(20-6-3-2-4-7-20)25-8-5-15-36-28(25)33(39)44)31(42)38-22-9-11-23(12-10-22)41-32(43)26-18-21(35)19-37-30(26)40(34(41)45)24-13-16-46-17-14-24/h2-8,15,18-19,22-24H,9-14,16-17H2,1H3,(H,38,42). The Morgan fingerprint density at radius 1 is 0.870 bits per heavy atom. The number of nitrogens with zero attached hydrogens (tertiary/aromatic N) is 5. The van der Waals surface area contributed by atoms with Crippen molar-refractivity contribution >= 4 is 39.6 Å². The molecule has 236 valence electrons. The molecule has 1 aliphatic carbocycles. The maximum absolute atomic E-state index is 14.3. The lowest BCUT2D eigenvalue weighted by molar-refractivity contribution is 0.0913. The second kappa shape index (κ2) is 12.3. The van der Waals surface area contributed by atoms with Crippen LogP contribution in [-0.2, 0) is 7.05 Å². The minimum atomic E-state index is -0.624. The van der Waals surface area contributed by atoms with Gasteiger partial charge >= 0.3 is 5.69 Å². The molecule has 0 bridgehead atoms. The van der Waals surface area contributed by atoms with E-state index in [1.807, 2.05) is 42.1 Å². The average Bonchev–Trinajstić information content (AvgIpc) is 3.08. The van der Waals surface area contributed by atoms with E-state index in [2.05, 4.69) is 15.3 Å². The maximum atomic E-state index is 14.3. The zero-order valence-corrected chi connectivity index (χ0v) is 26.1. The number of aromatic nitrogens is 5. The predicted octanol–water partition coefficient (Wildman–Crippen LogP) is 4.59. The summed E-state index contributed by atoms with van der Waals surface area (Å²) in [5.74, 6) is 0.791. The fraction of sp³-hybridized carbons (Fsp3) is 0.353. The van der Waals surface area contributed by atoms with E-state index in [1.165, 1.54) is 15.2 Å². The van der Waals surface area contributed by atoms with Crippen molar-refractivity contribution in [3.8, 4) is 11.1 Å². The molecule has 7 rings (SSSR count). The van der Waals surface area contributed by atoms with E-state index in [9.17, 15) is 23.6 Å². The van der Waals surface area contributed by atoms with Crippen molar-refractivity contribution in [3.63, 3.8) is 0 Å². The van der Waals surface area contributed by atoms with Crippen molar-refractivity contribution in [1.29, 1.82) is 0 Å². The molecule has 12 heteroatoms. The first-order chi connectivity index (χ1) is 22.3. The van der Waals surface area contributed by atoms with E-state index in [1.54, 1.807) is 29.9 Å². The molecule has 1 N–H and O–H groups in total. The van der Waals surface area contributed by atoms with Crippen molar-refractivity contribution in [2.24, 2.45) is 7.05 Å². The van der Waals surface area contributed by atoms with Gasteiger partial charge in [-0.25, -0.2) is 14.2 Å². The number of fused-ring (bicyclic) bond motifs is 2. The molecule has 0 atom stereocenters. The van der Waals surface area contributed by atoms with Crippen LogP contribution in [0.3, 0.4) is 0 Å². The Balaban J connectivity index is 1.19. The molecule has 5 heterocycles. The first-order valence-corrected chi connectivity index (χ1v) is 16.7. The zero-order chi connectivity index (χ0) is 31.9. The number of halogens is 1. The zero-order valence-electron chi connectivity index (χ0n) is 25.3. The van der Waals surface area contributed by atoms with Crippen LogP contribution in [0.4, 0.5) is 4.39 Å². The van der Waals surface area contributed by atoms with E-state index >= 15 is 0 Å². The quantitative estimate of drug-likeness (QED) is 0.298. The number of amides is 1. The summed E-state index contributed by atoms with van der Waals surface area (Å²) in [4.78, 5) is 63.3. The highest BCUT2D eigenvalue weighted by atomic mass is 32.2. The highest BCUT2D eigenvalue weighted by molar-refractivity contribution is 7.99. The molecule has 5 aromatic rings. The number of carbonyl (C=O) groups excluding carboxylic acids is 1. The van der Waals surface area contributed by atoms with Gasteiger partial charge in [-0.1, -0.05) is 36.4 Å². The Kier molecular flexibility index (Phi) is 8.06. The van der Waals surface area contributed by atoms with Crippen LogP contribution in [0.1, 0.15) is 61.1 Å². The van der Waals surface area contributed by atoms with Gasteiger partial charge in [0, 0.05) is 42.3 Å². The van der Waals surface area contributed by atoms with Crippen LogP contribution >= 0.6 is 11.8 Å². The van der Waals surface area contributed by atoms with Crippen molar-refractivity contribution < 1.29 is 9.18 Å². The van der Waals surface area contributed by atoms with E-state index < -0.39 is 23.1 Å². The minimum absolute atomic E-state index is 0.105. The van der Waals surface area contributed by atoms with Crippen molar-refractivity contribution in [2.75, 3.05) is 11.5 Å². The SMILES string of the molecule is Cn1c(C(=O)NC2CCC(n3c(=O)c4cc(F)cnc4n(C4CCSCC4)c3=O)CC2)c(-c2ccccc2)c2cccnc2c1=O. The highest BCUT2D eigenvalue weighted by Crippen LogP contribution is 2.32. The van der Waals surface area contributed by atoms with Crippen LogP contribution in [-0.4, -0.2) is 47.1 Å². The van der Waals surface area contributed by atoms with Crippen LogP contribution in [0.2, 0.25) is 0 Å². The number of hydrogen-bond donors (Lipinski definition) is 1. The third-order valence-electron chi connectivity index (χ3n) is 9.31. The van der Waals surface area contributed by atoms with Crippen LogP contribution in [0.25, 0.3) is 33.1 Å². The van der Waals surface area contributed by atoms with Gasteiger partial charge in [-0.3, -0.25) is 28.5 Å². The van der Waals surface area contributed by atoms with Gasteiger partial charge in [-0.05, 0) is 67.7 Å². The number of benzene rings is 1. The topological polar surface area (TPSA) is 121 Å². The van der Waals surface area contributed by atoms with Gasteiger partial charge in [0.2, 0.25) is 0 Å². The molecule has 1 amide bonds. The average molecular weight is 641 g/mol. The molecule has 2 aliphatic rings. The van der Waals surface area contributed by atoms with E-state index in [0.717, 1.165) is 36.1 Å². The summed E-state index contributed by atoms with van der Waals surface area (Å²) in [5.41, 5.74) is 0.875. The van der Waals surface area contributed by atoms with Crippen LogP contribution in [0.15, 0.2) is 75.3 Å². The van der Waals surface area contributed by atoms with Gasteiger partial charge in [0.05, 0.1) is 11.6 Å². The van der Waals surface area contributed by atoms with Crippen molar-refractivity contribution in [2.45, 2.75) is 56.7 Å². The van der Waals surface area contributed by atoms with Gasteiger partial charge in [0.25, 0.3) is 17.0 Å². The lowest BCUT2D eigenvalue weighted by Crippen LogP contribution is -2.47. The fourth-order valence-electron chi connectivity index (χ4n) is 7.03. The molecule has 0 radical (unpaired) electrons. The van der Waals surface area contributed by atoms with Gasteiger partial charge in [0.1, 0.15) is 22.7 Å². The van der Waals surface area contributed by atoms with E-state index in [-0.39, 0.29) is 45.8 Å². The first-order valence-electron chi connectivity index (χ1n) is 15.6. The van der Waals surface area contributed by atoms with E-state index in [0.29, 0.717) is 36.6 Å².